The zero-order chi connectivity index (χ0) is 31.4. The van der Waals surface area contributed by atoms with Crippen LogP contribution >= 0.6 is 34.4 Å². The summed E-state index contributed by atoms with van der Waals surface area (Å²) in [6.07, 6.45) is 2.85. The smallest absolute Gasteiger partial charge is 0.393 e. The largest absolute Gasteiger partial charge is 0.450 e. The second kappa shape index (κ2) is 11.3. The number of fused-ring (bicyclic) bond motifs is 2. The molecule has 230 valence electrons. The van der Waals surface area contributed by atoms with E-state index in [4.69, 9.17) is 44.6 Å². The van der Waals surface area contributed by atoms with E-state index in [9.17, 15) is 23.1 Å². The van der Waals surface area contributed by atoms with E-state index in [1.807, 2.05) is 10.8 Å². The summed E-state index contributed by atoms with van der Waals surface area (Å²) in [5, 5.41) is 19.2. The molecule has 0 aromatic carbocycles. The summed E-state index contributed by atoms with van der Waals surface area (Å²) in [6.45, 7) is 0. The zero-order valence-corrected chi connectivity index (χ0v) is 24.7. The molecule has 0 bridgehead atoms. The quantitative estimate of drug-likeness (QED) is 0.167. The highest BCUT2D eigenvalue weighted by atomic mass is 35.6. The van der Waals surface area contributed by atoms with Crippen LogP contribution in [0, 0.1) is 0 Å². The molecule has 0 unspecified atom stereocenters. The predicted molar refractivity (Wildman–Crippen MR) is 160 cm³/mol. The van der Waals surface area contributed by atoms with Crippen molar-refractivity contribution < 1.29 is 27.6 Å². The van der Waals surface area contributed by atoms with Crippen molar-refractivity contribution in [3.8, 4) is 11.3 Å². The molecule has 0 atom stereocenters. The average Bonchev–Trinajstić information content (AvgIpc) is 3.24. The molecule has 12 nitrogen and oxygen atoms in total. The molecule has 2 aliphatic carbocycles. The molecule has 5 N–H and O–H groups in total. The van der Waals surface area contributed by atoms with E-state index in [1.165, 1.54) is 6.33 Å². The fourth-order valence-electron chi connectivity index (χ4n) is 5.32. The molecule has 2 aliphatic rings. The van der Waals surface area contributed by atoms with Gasteiger partial charge in [-0.2, -0.15) is 47.6 Å². The Kier molecular flexibility index (Phi) is 7.80. The van der Waals surface area contributed by atoms with E-state index in [-0.39, 0.29) is 36.6 Å². The molecule has 5 heterocycles. The van der Waals surface area contributed by atoms with E-state index >= 15 is 0 Å². The number of hydrogen-bond donors (Lipinski definition) is 4. The summed E-state index contributed by atoms with van der Waals surface area (Å²) >= 11 is 14.4. The SMILES string of the molecule is ClB(Cl)Cl.Nc1ncnc2c1c(-c1ccc(NC(=O)Nc3cc(C4(C(F)(F)F)CC4)on3)c3nccn13)cn2C1CC(O)C1. The van der Waals surface area contributed by atoms with Crippen molar-refractivity contribution >= 4 is 79.4 Å². The van der Waals surface area contributed by atoms with Gasteiger partial charge in [0.2, 0.25) is 0 Å². The van der Waals surface area contributed by atoms with Crippen LogP contribution in [0.4, 0.5) is 35.3 Å². The molecule has 2 fully saturated rings. The fourth-order valence-corrected chi connectivity index (χ4v) is 5.32. The van der Waals surface area contributed by atoms with Gasteiger partial charge in [0.15, 0.2) is 17.2 Å². The number of urea groups is 1. The standard InChI is InChI=1S/C25H22F3N9O3.BCl3/c26-25(27,28)24(3-4-24)17-9-18(35-40-17)34-23(39)33-15-1-2-16(36-6-5-30-21(15)36)14-10-37(12-7-13(38)8-12)22-19(14)20(29)31-11-32-22;2-1(3)4/h1-2,5-6,9-13,38H,3-4,7-8H2,(H2,29,31,32)(H2,33,34,35,39);. The summed E-state index contributed by atoms with van der Waals surface area (Å²) < 4.78 is 48.8. The third-order valence-electron chi connectivity index (χ3n) is 7.71. The van der Waals surface area contributed by atoms with Crippen LogP contribution in [0.2, 0.25) is 0 Å². The minimum Gasteiger partial charge on any atom is -0.393 e. The predicted octanol–water partition coefficient (Wildman–Crippen LogP) is 5.94. The number of nitrogens with zero attached hydrogens (tertiary/aromatic N) is 6. The van der Waals surface area contributed by atoms with Gasteiger partial charge in [0, 0.05) is 36.3 Å². The number of hydrogen-bond acceptors (Lipinski definition) is 8. The van der Waals surface area contributed by atoms with Crippen LogP contribution < -0.4 is 16.4 Å². The maximum absolute atomic E-state index is 13.4. The number of aromatic nitrogens is 6. The number of nitrogens with one attached hydrogen (secondary N) is 2. The van der Waals surface area contributed by atoms with Crippen LogP contribution in [0.1, 0.15) is 37.5 Å². The third-order valence-corrected chi connectivity index (χ3v) is 7.71. The van der Waals surface area contributed by atoms with Gasteiger partial charge < -0.3 is 25.2 Å². The van der Waals surface area contributed by atoms with Crippen molar-refractivity contribution in [1.29, 1.82) is 0 Å². The number of nitrogens with two attached hydrogens (primary N) is 1. The minimum atomic E-state index is -4.46. The Morgan fingerprint density at radius 1 is 1.14 bits per heavy atom. The van der Waals surface area contributed by atoms with E-state index in [0.717, 1.165) is 11.6 Å². The van der Waals surface area contributed by atoms with Gasteiger partial charge in [0.1, 0.15) is 23.2 Å². The van der Waals surface area contributed by atoms with Gasteiger partial charge in [-0.1, -0.05) is 5.16 Å². The number of alkyl halides is 3. The lowest BCUT2D eigenvalue weighted by Crippen LogP contribution is -2.30. The number of rotatable bonds is 5. The van der Waals surface area contributed by atoms with Crippen molar-refractivity contribution in [3.05, 3.63) is 48.9 Å². The Morgan fingerprint density at radius 3 is 2.52 bits per heavy atom. The monoisotopic (exact) mass is 669 g/mol. The first-order chi connectivity index (χ1) is 20.9. The van der Waals surface area contributed by atoms with Crippen LogP contribution in [0.15, 0.2) is 47.6 Å². The van der Waals surface area contributed by atoms with Crippen molar-refractivity contribution in [1.82, 2.24) is 29.1 Å². The molecule has 2 saturated carbocycles. The fraction of sp³-hybridized carbons (Fsp3) is 0.320. The first-order valence-corrected chi connectivity index (χ1v) is 14.5. The highest BCUT2D eigenvalue weighted by molar-refractivity contribution is 7.54. The van der Waals surface area contributed by atoms with Gasteiger partial charge in [0.25, 0.3) is 0 Å². The number of carbonyl (C=O) groups is 1. The first kappa shape index (κ1) is 30.3. The number of pyridine rings is 1. The molecule has 0 saturated heterocycles. The highest BCUT2D eigenvalue weighted by Gasteiger charge is 2.67. The van der Waals surface area contributed by atoms with Crippen molar-refractivity contribution in [3.63, 3.8) is 0 Å². The molecule has 7 rings (SSSR count). The number of nitrogen functional groups attached to an aromatic ring is 1. The molecule has 2 amide bonds. The maximum Gasteiger partial charge on any atom is 0.450 e. The van der Waals surface area contributed by atoms with Crippen LogP contribution in [-0.2, 0) is 5.41 Å². The second-order valence-electron chi connectivity index (χ2n) is 10.4. The Labute approximate surface area is 261 Å². The number of aliphatic hydroxyl groups is 1. The summed E-state index contributed by atoms with van der Waals surface area (Å²) in [4.78, 5) is 24.9. The van der Waals surface area contributed by atoms with Gasteiger partial charge in [-0.25, -0.2) is 19.7 Å². The normalized spacial score (nSPS) is 18.8. The van der Waals surface area contributed by atoms with Crippen LogP contribution in [0.5, 0.6) is 0 Å². The molecule has 0 radical (unpaired) electrons. The van der Waals surface area contributed by atoms with Gasteiger partial charge in [0.05, 0.1) is 22.9 Å². The van der Waals surface area contributed by atoms with Crippen LogP contribution in [0.25, 0.3) is 27.9 Å². The number of carbonyl (C=O) groups excluding carboxylic acids is 1. The summed E-state index contributed by atoms with van der Waals surface area (Å²) in [5.74, 6) is -0.156. The maximum atomic E-state index is 13.4. The lowest BCUT2D eigenvalue weighted by atomic mass is 9.89. The van der Waals surface area contributed by atoms with Crippen molar-refractivity contribution in [2.75, 3.05) is 16.4 Å². The molecule has 19 heteroatoms. The number of imidazole rings is 1. The van der Waals surface area contributed by atoms with E-state index in [2.05, 4.69) is 30.7 Å². The lowest BCUT2D eigenvalue weighted by molar-refractivity contribution is -0.165. The molecular weight excluding hydrogens is 648 g/mol. The number of halogens is 6. The second-order valence-corrected chi connectivity index (χ2v) is 12.4. The minimum absolute atomic E-state index is 0.0754. The van der Waals surface area contributed by atoms with Crippen molar-refractivity contribution in [2.45, 2.75) is 49.4 Å². The van der Waals surface area contributed by atoms with Gasteiger partial charge in [-0.3, -0.25) is 9.72 Å². The Hall–Kier alpha value is -3.73. The molecule has 0 spiro atoms. The topological polar surface area (TPSA) is 161 Å². The van der Waals surface area contributed by atoms with Crippen LogP contribution in [0.3, 0.4) is 0 Å². The molecule has 5 aromatic rings. The summed E-state index contributed by atoms with van der Waals surface area (Å²) in [6, 6.07) is 3.88. The Bertz CT molecular complexity index is 1850. The summed E-state index contributed by atoms with van der Waals surface area (Å²) in [5.41, 5.74) is 7.10. The van der Waals surface area contributed by atoms with Gasteiger partial charge in [-0.05, 0) is 37.8 Å². The summed E-state index contributed by atoms with van der Waals surface area (Å²) in [7, 11) is 0. The zero-order valence-electron chi connectivity index (χ0n) is 22.4. The molecule has 5 aromatic heterocycles. The molecular formula is C25H22BCl3F3N9O3. The van der Waals surface area contributed by atoms with Crippen LogP contribution in [-0.4, -0.2) is 57.5 Å². The van der Waals surface area contributed by atoms with Gasteiger partial charge in [-0.15, -0.1) is 0 Å². The van der Waals surface area contributed by atoms with E-state index in [0.29, 0.717) is 46.7 Å². The number of aliphatic hydroxyl groups excluding tert-OH is 1. The third kappa shape index (κ3) is 5.51. The Morgan fingerprint density at radius 2 is 1.86 bits per heavy atom. The average molecular weight is 671 g/mol. The molecule has 44 heavy (non-hydrogen) atoms. The highest BCUT2D eigenvalue weighted by Crippen LogP contribution is 2.59. The first-order valence-electron chi connectivity index (χ1n) is 13.2. The number of anilines is 3. The lowest BCUT2D eigenvalue weighted by Gasteiger charge is -2.32. The number of amides is 2. The molecule has 0 aliphatic heterocycles. The van der Waals surface area contributed by atoms with E-state index < -0.39 is 22.6 Å². The van der Waals surface area contributed by atoms with Gasteiger partial charge >= 0.3 is 17.2 Å². The van der Waals surface area contributed by atoms with E-state index in [1.54, 1.807) is 28.9 Å². The van der Waals surface area contributed by atoms with Crippen molar-refractivity contribution in [2.24, 2.45) is 0 Å². The Balaban J connectivity index is 0.000000810.